The van der Waals surface area contributed by atoms with Crippen molar-refractivity contribution < 1.29 is 19.5 Å². The number of aliphatic hydroxyl groups excluding tert-OH is 1. The molecular weight excluding hydrogens is 462 g/mol. The highest BCUT2D eigenvalue weighted by Crippen LogP contribution is 2.69. The average molecular weight is 502 g/mol. The fraction of sp³-hybridized carbons (Fsp3) is 0.667. The number of fused-ring (bicyclic) bond motifs is 1. The minimum Gasteiger partial charge on any atom is -0.394 e. The predicted molar refractivity (Wildman–Crippen MR) is 139 cm³/mol. The number of carbonyl (C=O) groups excluding carboxylic acids is 3. The van der Waals surface area contributed by atoms with E-state index in [2.05, 4.69) is 17.6 Å². The molecule has 1 spiro atoms. The topological polar surface area (TPSA) is 98.7 Å². The molecule has 8 heteroatoms. The van der Waals surface area contributed by atoms with E-state index in [1.807, 2.05) is 65.0 Å². The molecular formula is C27H39N3O4S. The molecule has 3 unspecified atom stereocenters. The van der Waals surface area contributed by atoms with Crippen LogP contribution >= 0.6 is 11.8 Å². The predicted octanol–water partition coefficient (Wildman–Crippen LogP) is 3.28. The Morgan fingerprint density at radius 3 is 2.46 bits per heavy atom. The summed E-state index contributed by atoms with van der Waals surface area (Å²) in [6.07, 6.45) is 1.55. The third-order valence-corrected chi connectivity index (χ3v) is 10.2. The first kappa shape index (κ1) is 26.0. The Morgan fingerprint density at radius 2 is 1.89 bits per heavy atom. The van der Waals surface area contributed by atoms with Gasteiger partial charge in [0.05, 0.1) is 29.2 Å². The number of aliphatic hydroxyl groups is 1. The molecule has 3 saturated heterocycles. The molecule has 0 aliphatic carbocycles. The molecule has 0 aromatic heterocycles. The number of carbonyl (C=O) groups is 3. The van der Waals surface area contributed by atoms with Crippen LogP contribution in [-0.2, 0) is 14.4 Å². The van der Waals surface area contributed by atoms with E-state index >= 15 is 0 Å². The third kappa shape index (κ3) is 4.26. The van der Waals surface area contributed by atoms with Gasteiger partial charge in [-0.2, -0.15) is 0 Å². The zero-order chi connectivity index (χ0) is 25.7. The largest absolute Gasteiger partial charge is 0.394 e. The average Bonchev–Trinajstić information content (AvgIpc) is 3.38. The maximum Gasteiger partial charge on any atom is 0.244 e. The Kier molecular flexibility index (Phi) is 7.01. The molecule has 3 N–H and O–H groups in total. The highest BCUT2D eigenvalue weighted by atomic mass is 32.2. The van der Waals surface area contributed by atoms with Crippen molar-refractivity contribution in [3.05, 3.63) is 30.3 Å². The second-order valence-electron chi connectivity index (χ2n) is 11.5. The summed E-state index contributed by atoms with van der Waals surface area (Å²) in [5, 5.41) is 16.5. The highest BCUT2D eigenvalue weighted by Gasteiger charge is 2.76. The van der Waals surface area contributed by atoms with Crippen molar-refractivity contribution in [2.45, 2.75) is 82.0 Å². The van der Waals surface area contributed by atoms with Crippen LogP contribution in [0.5, 0.6) is 0 Å². The number of likely N-dealkylation sites (tertiary alicyclic amines) is 1. The van der Waals surface area contributed by atoms with Crippen LogP contribution in [0, 0.1) is 23.7 Å². The fourth-order valence-electron chi connectivity index (χ4n) is 6.42. The molecule has 0 radical (unpaired) electrons. The van der Waals surface area contributed by atoms with Gasteiger partial charge in [-0.15, -0.1) is 11.8 Å². The summed E-state index contributed by atoms with van der Waals surface area (Å²) >= 11 is 1.66. The lowest BCUT2D eigenvalue weighted by atomic mass is 9.65. The van der Waals surface area contributed by atoms with Gasteiger partial charge in [0.2, 0.25) is 17.7 Å². The summed E-state index contributed by atoms with van der Waals surface area (Å²) < 4.78 is -0.698. The number of hydrogen-bond acceptors (Lipinski definition) is 5. The molecule has 0 saturated carbocycles. The monoisotopic (exact) mass is 501 g/mol. The number of hydrogen-bond donors (Lipinski definition) is 3. The zero-order valence-corrected chi connectivity index (χ0v) is 22.4. The van der Waals surface area contributed by atoms with Gasteiger partial charge in [0.1, 0.15) is 6.04 Å². The lowest BCUT2D eigenvalue weighted by Crippen LogP contribution is -2.61. The first-order chi connectivity index (χ1) is 16.5. The number of nitrogens with zero attached hydrogens (tertiary/aromatic N) is 1. The lowest BCUT2D eigenvalue weighted by Gasteiger charge is -2.42. The highest BCUT2D eigenvalue weighted by molar-refractivity contribution is 8.02. The van der Waals surface area contributed by atoms with Crippen molar-refractivity contribution >= 4 is 35.2 Å². The van der Waals surface area contributed by atoms with Crippen LogP contribution in [-0.4, -0.2) is 62.0 Å². The van der Waals surface area contributed by atoms with Crippen molar-refractivity contribution in [3.8, 4) is 0 Å². The molecule has 8 atom stereocenters. The fourth-order valence-corrected chi connectivity index (χ4v) is 8.82. The maximum atomic E-state index is 14.2. The molecule has 192 valence electrons. The van der Waals surface area contributed by atoms with E-state index in [9.17, 15) is 19.5 Å². The number of para-hydroxylation sites is 1. The van der Waals surface area contributed by atoms with E-state index in [0.29, 0.717) is 5.69 Å². The van der Waals surface area contributed by atoms with E-state index < -0.39 is 34.2 Å². The van der Waals surface area contributed by atoms with E-state index in [0.717, 1.165) is 12.8 Å². The molecule has 1 aromatic rings. The maximum absolute atomic E-state index is 14.2. The van der Waals surface area contributed by atoms with Crippen molar-refractivity contribution in [1.82, 2.24) is 10.2 Å². The van der Waals surface area contributed by atoms with Crippen molar-refractivity contribution in [1.29, 1.82) is 0 Å². The van der Waals surface area contributed by atoms with Gasteiger partial charge in [-0.1, -0.05) is 45.4 Å². The van der Waals surface area contributed by atoms with Crippen molar-refractivity contribution in [2.75, 3.05) is 11.9 Å². The van der Waals surface area contributed by atoms with Gasteiger partial charge in [0.15, 0.2) is 0 Å². The van der Waals surface area contributed by atoms with Gasteiger partial charge in [0.25, 0.3) is 0 Å². The number of thioether (sulfide) groups is 1. The molecule has 1 aromatic carbocycles. The van der Waals surface area contributed by atoms with Crippen LogP contribution in [0.25, 0.3) is 0 Å². The second kappa shape index (κ2) is 9.43. The van der Waals surface area contributed by atoms with Crippen LogP contribution in [0.1, 0.15) is 54.4 Å². The summed E-state index contributed by atoms with van der Waals surface area (Å²) in [5.41, 5.74) is 0.227. The summed E-state index contributed by atoms with van der Waals surface area (Å²) in [4.78, 5) is 43.4. The number of benzene rings is 1. The van der Waals surface area contributed by atoms with E-state index in [1.165, 1.54) is 0 Å². The summed E-state index contributed by atoms with van der Waals surface area (Å²) in [7, 11) is 0. The van der Waals surface area contributed by atoms with Crippen LogP contribution in [0.15, 0.2) is 30.3 Å². The Morgan fingerprint density at radius 1 is 1.23 bits per heavy atom. The third-order valence-electron chi connectivity index (χ3n) is 8.12. The smallest absolute Gasteiger partial charge is 0.244 e. The van der Waals surface area contributed by atoms with Crippen LogP contribution in [0.3, 0.4) is 0 Å². The lowest BCUT2D eigenvalue weighted by molar-refractivity contribution is -0.143. The summed E-state index contributed by atoms with van der Waals surface area (Å²) in [5.74, 6) is -1.55. The van der Waals surface area contributed by atoms with Gasteiger partial charge < -0.3 is 20.6 Å². The summed E-state index contributed by atoms with van der Waals surface area (Å²) in [6.45, 7) is 11.7. The van der Waals surface area contributed by atoms with Crippen LogP contribution in [0.2, 0.25) is 0 Å². The molecule has 3 aliphatic heterocycles. The van der Waals surface area contributed by atoms with E-state index in [4.69, 9.17) is 0 Å². The molecule has 35 heavy (non-hydrogen) atoms. The number of nitrogens with one attached hydrogen (secondary N) is 2. The molecule has 2 bridgehead atoms. The van der Waals surface area contributed by atoms with Crippen molar-refractivity contribution in [3.63, 3.8) is 0 Å². The molecule has 4 rings (SSSR count). The SMILES string of the molecule is CC[C@H](C)[C@H](CO)N1C(=O)[C@@H]2[C@@H](C(=O)Nc3ccccc3)[C@H]3CC(C)C2(S3)C1C(=O)NC(C)(C)C. The Bertz CT molecular complexity index is 980. The van der Waals surface area contributed by atoms with Gasteiger partial charge >= 0.3 is 0 Å². The van der Waals surface area contributed by atoms with Gasteiger partial charge in [-0.05, 0) is 51.2 Å². The molecule has 3 heterocycles. The van der Waals surface area contributed by atoms with E-state index in [-0.39, 0.29) is 41.4 Å². The van der Waals surface area contributed by atoms with Crippen LogP contribution < -0.4 is 10.6 Å². The van der Waals surface area contributed by atoms with Gasteiger partial charge in [-0.3, -0.25) is 14.4 Å². The van der Waals surface area contributed by atoms with Gasteiger partial charge in [-0.25, -0.2) is 0 Å². The van der Waals surface area contributed by atoms with E-state index in [1.54, 1.807) is 16.7 Å². The molecule has 3 fully saturated rings. The zero-order valence-electron chi connectivity index (χ0n) is 21.6. The normalized spacial score (nSPS) is 33.4. The second-order valence-corrected chi connectivity index (χ2v) is 13.1. The Labute approximate surface area is 212 Å². The number of amides is 3. The van der Waals surface area contributed by atoms with Crippen molar-refractivity contribution in [2.24, 2.45) is 23.7 Å². The Balaban J connectivity index is 1.77. The van der Waals surface area contributed by atoms with Crippen LogP contribution in [0.4, 0.5) is 5.69 Å². The minimum absolute atomic E-state index is 0.0122. The standard InChI is InChI=1S/C27H39N3O4S/c1-7-15(2)18(14-31)30-22(24(33)29-26(4,5)6)27-16(3)13-19(35-27)20(21(27)25(30)34)23(32)28-17-11-9-8-10-12-17/h8-12,15-16,18-22,31H,7,13-14H2,1-6H3,(H,28,32)(H,29,33)/t15-,16?,18-,19+,20-,21-,22?,27?/m0/s1. The minimum atomic E-state index is -0.732. The molecule has 3 aliphatic rings. The first-order valence-corrected chi connectivity index (χ1v) is 13.6. The number of rotatable bonds is 7. The first-order valence-electron chi connectivity index (χ1n) is 12.7. The number of anilines is 1. The molecule has 3 amide bonds. The Hall–Kier alpha value is -2.06. The van der Waals surface area contributed by atoms with Gasteiger partial charge in [0, 0.05) is 16.5 Å². The quantitative estimate of drug-likeness (QED) is 0.533. The summed E-state index contributed by atoms with van der Waals surface area (Å²) in [6, 6.07) is 8.08. The molecule has 7 nitrogen and oxygen atoms in total.